The van der Waals surface area contributed by atoms with E-state index in [4.69, 9.17) is 4.74 Å². The van der Waals surface area contributed by atoms with Gasteiger partial charge in [-0.1, -0.05) is 0 Å². The number of aryl methyl sites for hydroxylation is 1. The van der Waals surface area contributed by atoms with Gasteiger partial charge in [0.1, 0.15) is 0 Å². The SMILES string of the molecule is Cc1cc(C(=O)COC(=O)Cc2cn3ccsc3n2)c(C)n1C(C)C. The first-order chi connectivity index (χ1) is 11.9. The summed E-state index contributed by atoms with van der Waals surface area (Å²) >= 11 is 1.50. The topological polar surface area (TPSA) is 65.6 Å². The second-order valence-corrected chi connectivity index (χ2v) is 7.21. The molecule has 0 bridgehead atoms. The molecule has 0 radical (unpaired) electrons. The molecule has 3 heterocycles. The summed E-state index contributed by atoms with van der Waals surface area (Å²) in [5.41, 5.74) is 3.19. The van der Waals surface area contributed by atoms with Crippen LogP contribution in [0.15, 0.2) is 23.8 Å². The van der Waals surface area contributed by atoms with Gasteiger partial charge in [0.25, 0.3) is 0 Å². The summed E-state index contributed by atoms with van der Waals surface area (Å²) in [4.78, 5) is 29.6. The molecule has 7 heteroatoms. The van der Waals surface area contributed by atoms with Gasteiger partial charge in [-0.25, -0.2) is 4.98 Å². The lowest BCUT2D eigenvalue weighted by Crippen LogP contribution is -2.16. The van der Waals surface area contributed by atoms with E-state index in [-0.39, 0.29) is 24.9 Å². The lowest BCUT2D eigenvalue weighted by molar-refractivity contribution is -0.141. The molecule has 6 nitrogen and oxygen atoms in total. The Balaban J connectivity index is 1.61. The summed E-state index contributed by atoms with van der Waals surface area (Å²) in [6.45, 7) is 7.79. The number of nitrogens with zero attached hydrogens (tertiary/aromatic N) is 3. The summed E-state index contributed by atoms with van der Waals surface area (Å²) in [6, 6.07) is 2.13. The summed E-state index contributed by atoms with van der Waals surface area (Å²) in [5, 5.41) is 1.93. The van der Waals surface area contributed by atoms with Crippen molar-refractivity contribution in [1.29, 1.82) is 0 Å². The number of esters is 1. The molecule has 0 saturated heterocycles. The van der Waals surface area contributed by atoms with E-state index in [0.717, 1.165) is 16.3 Å². The van der Waals surface area contributed by atoms with Crippen LogP contribution < -0.4 is 0 Å². The predicted molar refractivity (Wildman–Crippen MR) is 96.4 cm³/mol. The van der Waals surface area contributed by atoms with Crippen LogP contribution in [0, 0.1) is 13.8 Å². The maximum Gasteiger partial charge on any atom is 0.312 e. The van der Waals surface area contributed by atoms with Crippen molar-refractivity contribution in [2.75, 3.05) is 6.61 Å². The third kappa shape index (κ3) is 3.51. The van der Waals surface area contributed by atoms with Gasteiger partial charge in [-0.15, -0.1) is 11.3 Å². The highest BCUT2D eigenvalue weighted by atomic mass is 32.1. The van der Waals surface area contributed by atoms with Gasteiger partial charge in [-0.2, -0.15) is 0 Å². The van der Waals surface area contributed by atoms with Gasteiger partial charge in [0.2, 0.25) is 5.78 Å². The summed E-state index contributed by atoms with van der Waals surface area (Å²) in [6.07, 6.45) is 3.74. The Bertz CT molecular complexity index is 904. The van der Waals surface area contributed by atoms with Gasteiger partial charge in [-0.3, -0.25) is 14.0 Å². The maximum absolute atomic E-state index is 12.4. The molecule has 0 N–H and O–H groups in total. The molecule has 3 aromatic rings. The number of rotatable bonds is 6. The monoisotopic (exact) mass is 359 g/mol. The molecule has 0 aliphatic carbocycles. The fourth-order valence-electron chi connectivity index (χ4n) is 3.14. The minimum Gasteiger partial charge on any atom is -0.457 e. The lowest BCUT2D eigenvalue weighted by Gasteiger charge is -2.13. The van der Waals surface area contributed by atoms with Crippen LogP contribution >= 0.6 is 11.3 Å². The smallest absolute Gasteiger partial charge is 0.312 e. The molecule has 25 heavy (non-hydrogen) atoms. The van der Waals surface area contributed by atoms with E-state index < -0.39 is 5.97 Å². The van der Waals surface area contributed by atoms with Crippen LogP contribution in [0.5, 0.6) is 0 Å². The van der Waals surface area contributed by atoms with Gasteiger partial charge >= 0.3 is 5.97 Å². The maximum atomic E-state index is 12.4. The van der Waals surface area contributed by atoms with Crippen molar-refractivity contribution in [3.05, 3.63) is 46.5 Å². The van der Waals surface area contributed by atoms with Crippen LogP contribution in [0.1, 0.15) is 47.3 Å². The number of carbonyl (C=O) groups excluding carboxylic acids is 2. The number of thiazole rings is 1. The van der Waals surface area contributed by atoms with Crippen molar-refractivity contribution in [3.8, 4) is 0 Å². The molecule has 0 saturated carbocycles. The van der Waals surface area contributed by atoms with E-state index in [2.05, 4.69) is 23.4 Å². The van der Waals surface area contributed by atoms with Crippen molar-refractivity contribution < 1.29 is 14.3 Å². The average Bonchev–Trinajstić information content (AvgIpc) is 3.18. The molecule has 0 fully saturated rings. The Labute approximate surface area is 150 Å². The molecule has 0 atom stereocenters. The quantitative estimate of drug-likeness (QED) is 0.500. The van der Waals surface area contributed by atoms with Crippen LogP contribution in [0.4, 0.5) is 0 Å². The fourth-order valence-corrected chi connectivity index (χ4v) is 3.86. The number of aromatic nitrogens is 3. The average molecular weight is 359 g/mol. The van der Waals surface area contributed by atoms with Crippen molar-refractivity contribution >= 4 is 28.1 Å². The molecule has 0 unspecified atom stereocenters. The largest absolute Gasteiger partial charge is 0.457 e. The van der Waals surface area contributed by atoms with Crippen LogP contribution in [-0.2, 0) is 16.0 Å². The zero-order valence-corrected chi connectivity index (χ0v) is 15.6. The Morgan fingerprint density at radius 1 is 1.32 bits per heavy atom. The van der Waals surface area contributed by atoms with E-state index in [0.29, 0.717) is 11.3 Å². The third-order valence-electron chi connectivity index (χ3n) is 4.13. The zero-order chi connectivity index (χ0) is 18.1. The third-order valence-corrected chi connectivity index (χ3v) is 4.90. The van der Waals surface area contributed by atoms with Crippen LogP contribution in [0.2, 0.25) is 0 Å². The molecule has 0 amide bonds. The first-order valence-corrected chi connectivity index (χ1v) is 9.03. The van der Waals surface area contributed by atoms with E-state index in [1.54, 1.807) is 6.20 Å². The molecule has 0 aliphatic rings. The first kappa shape index (κ1) is 17.4. The summed E-state index contributed by atoms with van der Waals surface area (Å²) in [7, 11) is 0. The van der Waals surface area contributed by atoms with Crippen LogP contribution in [-0.4, -0.2) is 32.3 Å². The molecular weight excluding hydrogens is 338 g/mol. The lowest BCUT2D eigenvalue weighted by atomic mass is 10.1. The van der Waals surface area contributed by atoms with E-state index in [1.165, 1.54) is 11.3 Å². The second-order valence-electron chi connectivity index (χ2n) is 6.33. The van der Waals surface area contributed by atoms with Crippen molar-refractivity contribution in [1.82, 2.24) is 14.0 Å². The second kappa shape index (κ2) is 6.84. The number of Topliss-reactive ketones (excluding diaryl/α,β-unsaturated/α-hetero) is 1. The Kier molecular flexibility index (Phi) is 4.76. The molecule has 0 spiro atoms. The summed E-state index contributed by atoms with van der Waals surface area (Å²) < 4.78 is 9.12. The first-order valence-electron chi connectivity index (χ1n) is 8.15. The van der Waals surface area contributed by atoms with Crippen LogP contribution in [0.3, 0.4) is 0 Å². The number of ketones is 1. The van der Waals surface area contributed by atoms with E-state index >= 15 is 0 Å². The molecule has 3 rings (SSSR count). The van der Waals surface area contributed by atoms with E-state index in [1.807, 2.05) is 35.9 Å². The molecule has 0 aromatic carbocycles. The highest BCUT2D eigenvalue weighted by Crippen LogP contribution is 2.20. The van der Waals surface area contributed by atoms with Gasteiger partial charge in [0, 0.05) is 40.8 Å². The van der Waals surface area contributed by atoms with E-state index in [9.17, 15) is 9.59 Å². The van der Waals surface area contributed by atoms with Crippen molar-refractivity contribution in [2.24, 2.45) is 0 Å². The highest BCUT2D eigenvalue weighted by molar-refractivity contribution is 7.15. The number of imidazole rings is 1. The minimum atomic E-state index is -0.447. The molecule has 0 aliphatic heterocycles. The number of carbonyl (C=O) groups is 2. The number of hydrogen-bond donors (Lipinski definition) is 0. The Hall–Kier alpha value is -2.41. The molecule has 132 valence electrons. The number of fused-ring (bicyclic) bond motifs is 1. The molecule has 3 aromatic heterocycles. The zero-order valence-electron chi connectivity index (χ0n) is 14.8. The minimum absolute atomic E-state index is 0.0622. The standard InChI is InChI=1S/C18H21N3O3S/c1-11(2)21-12(3)7-15(13(21)4)16(22)10-24-17(23)8-14-9-20-5-6-25-18(20)19-14/h5-7,9,11H,8,10H2,1-4H3. The summed E-state index contributed by atoms with van der Waals surface area (Å²) in [5.74, 6) is -0.629. The van der Waals surface area contributed by atoms with Crippen molar-refractivity contribution in [3.63, 3.8) is 0 Å². The normalized spacial score (nSPS) is 11.4. The van der Waals surface area contributed by atoms with Gasteiger partial charge in [0.05, 0.1) is 12.1 Å². The predicted octanol–water partition coefficient (Wildman–Crippen LogP) is 3.36. The number of hydrogen-bond acceptors (Lipinski definition) is 5. The Morgan fingerprint density at radius 2 is 2.08 bits per heavy atom. The highest BCUT2D eigenvalue weighted by Gasteiger charge is 2.19. The van der Waals surface area contributed by atoms with Gasteiger partial charge < -0.3 is 9.30 Å². The Morgan fingerprint density at radius 3 is 2.72 bits per heavy atom. The van der Waals surface area contributed by atoms with Crippen LogP contribution in [0.25, 0.3) is 4.96 Å². The van der Waals surface area contributed by atoms with Gasteiger partial charge in [0.15, 0.2) is 11.6 Å². The van der Waals surface area contributed by atoms with Crippen molar-refractivity contribution in [2.45, 2.75) is 40.2 Å². The number of ether oxygens (including phenoxy) is 1. The molecular formula is C18H21N3O3S. The fraction of sp³-hybridized carbons (Fsp3) is 0.389. The van der Waals surface area contributed by atoms with Gasteiger partial charge in [-0.05, 0) is 33.8 Å².